The molecule has 2 aromatic rings. The predicted octanol–water partition coefficient (Wildman–Crippen LogP) is 2.83. The summed E-state index contributed by atoms with van der Waals surface area (Å²) in [5.74, 6) is -1.35. The lowest BCUT2D eigenvalue weighted by Gasteiger charge is -2.44. The zero-order valence-electron chi connectivity index (χ0n) is 19.1. The number of nitrogens with two attached hydrogens (primary N) is 1. The number of carbonyl (C=O) groups excluding carboxylic acids is 3. The highest BCUT2D eigenvalue weighted by Crippen LogP contribution is 2.32. The lowest BCUT2D eigenvalue weighted by atomic mass is 9.92. The molecule has 174 valence electrons. The highest BCUT2D eigenvalue weighted by atomic mass is 16.5. The number of nitrogens with zero attached hydrogens (tertiary/aromatic N) is 2. The summed E-state index contributed by atoms with van der Waals surface area (Å²) in [4.78, 5) is 42.2. The van der Waals surface area contributed by atoms with Gasteiger partial charge < -0.3 is 20.1 Å². The lowest BCUT2D eigenvalue weighted by Crippen LogP contribution is -2.61. The molecular formula is C25H29N3O5. The molecule has 2 N–H and O–H groups in total. The van der Waals surface area contributed by atoms with Gasteiger partial charge in [0.15, 0.2) is 0 Å². The Morgan fingerprint density at radius 1 is 1.00 bits per heavy atom. The maximum atomic E-state index is 13.8. The smallest absolute Gasteiger partial charge is 0.337 e. The second-order valence-electron chi connectivity index (χ2n) is 7.68. The van der Waals surface area contributed by atoms with Crippen LogP contribution in [0.5, 0.6) is 0 Å². The molecule has 1 aliphatic rings. The Bertz CT molecular complexity index is 1020. The Balaban J connectivity index is 2.14. The van der Waals surface area contributed by atoms with E-state index in [9.17, 15) is 14.4 Å². The fourth-order valence-electron chi connectivity index (χ4n) is 3.95. The van der Waals surface area contributed by atoms with Crippen molar-refractivity contribution < 1.29 is 23.9 Å². The first kappa shape index (κ1) is 24.0. The molecular weight excluding hydrogens is 422 g/mol. The third kappa shape index (κ3) is 5.23. The topological polar surface area (TPSA) is 102 Å². The minimum atomic E-state index is -1.27. The normalized spacial score (nSPS) is 17.1. The zero-order chi connectivity index (χ0) is 24.0. The van der Waals surface area contributed by atoms with Crippen molar-refractivity contribution in [1.82, 2.24) is 9.80 Å². The second-order valence-corrected chi connectivity index (χ2v) is 7.68. The quantitative estimate of drug-likeness (QED) is 0.619. The molecule has 2 atom stereocenters. The van der Waals surface area contributed by atoms with Crippen molar-refractivity contribution in [1.29, 1.82) is 0 Å². The molecule has 8 heteroatoms. The van der Waals surface area contributed by atoms with Crippen LogP contribution in [0.4, 0.5) is 4.79 Å². The number of amides is 2. The van der Waals surface area contributed by atoms with E-state index in [1.807, 2.05) is 60.7 Å². The number of esters is 2. The summed E-state index contributed by atoms with van der Waals surface area (Å²) in [6.45, 7) is 3.90. The number of hydrogen-bond donors (Lipinski definition) is 1. The van der Waals surface area contributed by atoms with Crippen molar-refractivity contribution in [3.63, 3.8) is 0 Å². The van der Waals surface area contributed by atoms with E-state index in [-0.39, 0.29) is 31.3 Å². The molecule has 0 fully saturated rings. The third-order valence-corrected chi connectivity index (χ3v) is 5.59. The van der Waals surface area contributed by atoms with Crippen LogP contribution < -0.4 is 5.73 Å². The summed E-state index contributed by atoms with van der Waals surface area (Å²) in [7, 11) is 1.22. The van der Waals surface area contributed by atoms with Crippen LogP contribution in [-0.2, 0) is 32.2 Å². The number of allylic oxidation sites excluding steroid dienone is 1. The Hall–Kier alpha value is -3.65. The van der Waals surface area contributed by atoms with Crippen molar-refractivity contribution in [3.8, 4) is 0 Å². The van der Waals surface area contributed by atoms with E-state index in [1.54, 1.807) is 13.8 Å². The second kappa shape index (κ2) is 10.8. The maximum absolute atomic E-state index is 13.8. The molecule has 0 spiro atoms. The van der Waals surface area contributed by atoms with Crippen LogP contribution >= 0.6 is 0 Å². The van der Waals surface area contributed by atoms with Crippen LogP contribution in [0.1, 0.15) is 25.0 Å². The van der Waals surface area contributed by atoms with Crippen LogP contribution in [-0.4, -0.2) is 53.6 Å². The van der Waals surface area contributed by atoms with Gasteiger partial charge in [-0.2, -0.15) is 0 Å². The van der Waals surface area contributed by atoms with Gasteiger partial charge in [0.2, 0.25) is 0 Å². The van der Waals surface area contributed by atoms with E-state index in [1.165, 1.54) is 16.9 Å². The van der Waals surface area contributed by atoms with Gasteiger partial charge >= 0.3 is 18.0 Å². The third-order valence-electron chi connectivity index (χ3n) is 5.59. The average Bonchev–Trinajstić information content (AvgIpc) is 2.83. The molecule has 0 bridgehead atoms. The van der Waals surface area contributed by atoms with Gasteiger partial charge in [0.05, 0.1) is 31.9 Å². The molecule has 0 aromatic heterocycles. The maximum Gasteiger partial charge on any atom is 0.337 e. The Labute approximate surface area is 193 Å². The van der Waals surface area contributed by atoms with Crippen LogP contribution in [0.15, 0.2) is 71.9 Å². The molecule has 2 aromatic carbocycles. The molecule has 0 unspecified atom stereocenters. The fourth-order valence-corrected chi connectivity index (χ4v) is 3.95. The number of hydrogen-bond acceptors (Lipinski definition) is 6. The molecule has 0 saturated heterocycles. The van der Waals surface area contributed by atoms with Crippen molar-refractivity contribution in [2.75, 3.05) is 13.7 Å². The SMILES string of the molecule is CCOC(=O)C1=C(C)N(Cc2ccccc2)C(=O)N(Cc2ccccc2)[C@@H]1[C@H](N)C(=O)OC. The van der Waals surface area contributed by atoms with Gasteiger partial charge in [0.1, 0.15) is 6.04 Å². The summed E-state index contributed by atoms with van der Waals surface area (Å²) in [6, 6.07) is 16.1. The predicted molar refractivity (Wildman–Crippen MR) is 122 cm³/mol. The zero-order valence-corrected chi connectivity index (χ0v) is 19.1. The fraction of sp³-hybridized carbons (Fsp3) is 0.320. The summed E-state index contributed by atoms with van der Waals surface area (Å²) >= 11 is 0. The highest BCUT2D eigenvalue weighted by Gasteiger charge is 2.46. The van der Waals surface area contributed by atoms with Gasteiger partial charge in [-0.25, -0.2) is 9.59 Å². The van der Waals surface area contributed by atoms with Crippen molar-refractivity contribution in [2.24, 2.45) is 5.73 Å². The van der Waals surface area contributed by atoms with E-state index >= 15 is 0 Å². The number of ether oxygens (including phenoxy) is 2. The molecule has 0 aliphatic carbocycles. The van der Waals surface area contributed by atoms with Gasteiger partial charge in [-0.05, 0) is 25.0 Å². The first-order chi connectivity index (χ1) is 15.9. The number of benzene rings is 2. The number of carbonyl (C=O) groups is 3. The molecule has 0 radical (unpaired) electrons. The summed E-state index contributed by atoms with van der Waals surface area (Å²) in [5.41, 5.74) is 8.55. The highest BCUT2D eigenvalue weighted by molar-refractivity contribution is 5.96. The van der Waals surface area contributed by atoms with E-state index in [0.29, 0.717) is 5.70 Å². The largest absolute Gasteiger partial charge is 0.468 e. The van der Waals surface area contributed by atoms with Gasteiger partial charge in [0.25, 0.3) is 0 Å². The first-order valence-electron chi connectivity index (χ1n) is 10.8. The molecule has 33 heavy (non-hydrogen) atoms. The minimum absolute atomic E-state index is 0.140. The van der Waals surface area contributed by atoms with E-state index < -0.39 is 24.0 Å². The van der Waals surface area contributed by atoms with Crippen LogP contribution in [0.2, 0.25) is 0 Å². The van der Waals surface area contributed by atoms with E-state index in [4.69, 9.17) is 15.2 Å². The molecule has 8 nitrogen and oxygen atoms in total. The van der Waals surface area contributed by atoms with Crippen molar-refractivity contribution in [2.45, 2.75) is 39.0 Å². The van der Waals surface area contributed by atoms with Gasteiger partial charge in [-0.1, -0.05) is 60.7 Å². The van der Waals surface area contributed by atoms with Crippen molar-refractivity contribution in [3.05, 3.63) is 83.1 Å². The molecule has 3 rings (SSSR count). The number of rotatable bonds is 8. The minimum Gasteiger partial charge on any atom is -0.468 e. The monoisotopic (exact) mass is 451 g/mol. The summed E-state index contributed by atoms with van der Waals surface area (Å²) in [6.07, 6.45) is 0. The van der Waals surface area contributed by atoms with Gasteiger partial charge in [-0.15, -0.1) is 0 Å². The lowest BCUT2D eigenvalue weighted by molar-refractivity contribution is -0.144. The van der Waals surface area contributed by atoms with E-state index in [0.717, 1.165) is 11.1 Å². The molecule has 1 heterocycles. The number of urea groups is 1. The Morgan fingerprint density at radius 3 is 2.06 bits per heavy atom. The van der Waals surface area contributed by atoms with Crippen LogP contribution in [0.25, 0.3) is 0 Å². The summed E-state index contributed by atoms with van der Waals surface area (Å²) in [5, 5.41) is 0. The summed E-state index contributed by atoms with van der Waals surface area (Å²) < 4.78 is 10.2. The van der Waals surface area contributed by atoms with E-state index in [2.05, 4.69) is 0 Å². The van der Waals surface area contributed by atoms with Crippen molar-refractivity contribution >= 4 is 18.0 Å². The standard InChI is InChI=1S/C25H29N3O5/c1-4-33-23(29)20-17(2)27(15-18-11-7-5-8-12-18)25(31)28(16-19-13-9-6-10-14-19)22(20)21(26)24(30)32-3/h5-14,21-22H,4,15-16,26H2,1-3H3/t21-,22-/m0/s1. The molecule has 1 aliphatic heterocycles. The van der Waals surface area contributed by atoms with Crippen LogP contribution in [0.3, 0.4) is 0 Å². The molecule has 2 amide bonds. The first-order valence-corrected chi connectivity index (χ1v) is 10.8. The van der Waals surface area contributed by atoms with Gasteiger partial charge in [-0.3, -0.25) is 9.69 Å². The average molecular weight is 452 g/mol. The van der Waals surface area contributed by atoms with Gasteiger partial charge in [0, 0.05) is 12.2 Å². The van der Waals surface area contributed by atoms with Crippen LogP contribution in [0, 0.1) is 0 Å². The Kier molecular flexibility index (Phi) is 7.84. The number of methoxy groups -OCH3 is 1. The molecule has 0 saturated carbocycles. The Morgan fingerprint density at radius 2 is 1.55 bits per heavy atom.